The number of benzene rings is 1. The Balaban J connectivity index is 1.77. The van der Waals surface area contributed by atoms with Crippen LogP contribution in [0.2, 0.25) is 0 Å². The van der Waals surface area contributed by atoms with Gasteiger partial charge in [-0.2, -0.15) is 0 Å². The fraction of sp³-hybridized carbons (Fsp3) is 0.176. The number of aromatic nitrogens is 2. The molecule has 3 aromatic rings. The molecule has 7 nitrogen and oxygen atoms in total. The lowest BCUT2D eigenvalue weighted by molar-refractivity contribution is 0.0935. The highest BCUT2D eigenvalue weighted by atomic mass is 32.2. The topological polar surface area (TPSA) is 107 Å². The molecule has 0 aliphatic heterocycles. The minimum Gasteiger partial charge on any atom is -0.344 e. The van der Waals surface area contributed by atoms with Crippen LogP contribution in [0.4, 0.5) is 0 Å². The molecule has 2 aromatic heterocycles. The van der Waals surface area contributed by atoms with Crippen LogP contribution in [-0.4, -0.2) is 23.7 Å². The highest BCUT2D eigenvalue weighted by Crippen LogP contribution is 2.16. The quantitative estimate of drug-likeness (QED) is 0.741. The standard InChI is InChI=1S/C17H18N4O3S/c1-11-7-8-21-10-15(20-16(21)9-11)17(22)19-12(2)13-3-5-14(6-4-13)25(18,23)24/h3-10,12H,1-2H3,(H,19,22)(H2,18,23,24). The Morgan fingerprint density at radius 3 is 2.56 bits per heavy atom. The maximum absolute atomic E-state index is 12.4. The Hall–Kier alpha value is -2.71. The van der Waals surface area contributed by atoms with E-state index in [9.17, 15) is 13.2 Å². The zero-order valence-corrected chi connectivity index (χ0v) is 14.6. The summed E-state index contributed by atoms with van der Waals surface area (Å²) in [7, 11) is -3.73. The lowest BCUT2D eigenvalue weighted by Gasteiger charge is -2.13. The summed E-state index contributed by atoms with van der Waals surface area (Å²) in [4.78, 5) is 16.8. The first-order chi connectivity index (χ1) is 11.7. The molecule has 0 saturated carbocycles. The number of rotatable bonds is 4. The number of hydrogen-bond acceptors (Lipinski definition) is 4. The van der Waals surface area contributed by atoms with Crippen molar-refractivity contribution in [3.8, 4) is 0 Å². The molecule has 0 bridgehead atoms. The molecule has 0 aliphatic rings. The molecule has 3 N–H and O–H groups in total. The fourth-order valence-corrected chi connectivity index (χ4v) is 3.01. The molecule has 0 saturated heterocycles. The molecule has 8 heteroatoms. The fourth-order valence-electron chi connectivity index (χ4n) is 2.49. The van der Waals surface area contributed by atoms with Gasteiger partial charge in [-0.3, -0.25) is 4.79 Å². The molecule has 1 aromatic carbocycles. The van der Waals surface area contributed by atoms with E-state index in [1.807, 2.05) is 32.2 Å². The van der Waals surface area contributed by atoms with E-state index in [2.05, 4.69) is 10.3 Å². The van der Waals surface area contributed by atoms with E-state index in [1.54, 1.807) is 22.7 Å². The van der Waals surface area contributed by atoms with Crippen LogP contribution in [0.5, 0.6) is 0 Å². The zero-order chi connectivity index (χ0) is 18.2. The van der Waals surface area contributed by atoms with Crippen molar-refractivity contribution in [2.75, 3.05) is 0 Å². The van der Waals surface area contributed by atoms with Crippen LogP contribution in [0.1, 0.15) is 34.6 Å². The Bertz CT molecular complexity index is 1040. The predicted molar refractivity (Wildman–Crippen MR) is 93.6 cm³/mol. The summed E-state index contributed by atoms with van der Waals surface area (Å²) in [6, 6.07) is 9.60. The van der Waals surface area contributed by atoms with Crippen molar-refractivity contribution in [1.29, 1.82) is 0 Å². The third-order valence-corrected chi connectivity index (χ3v) is 4.83. The first kappa shape index (κ1) is 17.1. The number of amides is 1. The first-order valence-corrected chi connectivity index (χ1v) is 9.17. The molecule has 2 heterocycles. The number of carbonyl (C=O) groups is 1. The third-order valence-electron chi connectivity index (χ3n) is 3.90. The first-order valence-electron chi connectivity index (χ1n) is 7.63. The molecule has 130 valence electrons. The van der Waals surface area contributed by atoms with E-state index in [0.29, 0.717) is 11.3 Å². The van der Waals surface area contributed by atoms with E-state index in [-0.39, 0.29) is 16.8 Å². The SMILES string of the molecule is Cc1ccn2cc(C(=O)NC(C)c3ccc(S(N)(=O)=O)cc3)nc2c1. The maximum atomic E-state index is 12.4. The van der Waals surface area contributed by atoms with Gasteiger partial charge in [-0.15, -0.1) is 0 Å². The minimum atomic E-state index is -3.73. The number of carbonyl (C=O) groups excluding carboxylic acids is 1. The molecule has 1 atom stereocenters. The number of hydrogen-bond donors (Lipinski definition) is 2. The Morgan fingerprint density at radius 1 is 1.24 bits per heavy atom. The summed E-state index contributed by atoms with van der Waals surface area (Å²) in [5.74, 6) is -0.302. The Labute approximate surface area is 145 Å². The number of pyridine rings is 1. The van der Waals surface area contributed by atoms with E-state index in [1.165, 1.54) is 12.1 Å². The predicted octanol–water partition coefficient (Wildman–Crippen LogP) is 1.78. The number of imidazole rings is 1. The minimum absolute atomic E-state index is 0.0329. The molecule has 1 amide bonds. The second-order valence-electron chi connectivity index (χ2n) is 5.90. The highest BCUT2D eigenvalue weighted by Gasteiger charge is 2.15. The van der Waals surface area contributed by atoms with Gasteiger partial charge in [0.15, 0.2) is 0 Å². The molecule has 25 heavy (non-hydrogen) atoms. The van der Waals surface area contributed by atoms with Gasteiger partial charge < -0.3 is 9.72 Å². The maximum Gasteiger partial charge on any atom is 0.271 e. The number of nitrogens with two attached hydrogens (primary N) is 1. The zero-order valence-electron chi connectivity index (χ0n) is 13.8. The van der Waals surface area contributed by atoms with Gasteiger partial charge in [-0.1, -0.05) is 12.1 Å². The molecular formula is C17H18N4O3S. The largest absolute Gasteiger partial charge is 0.344 e. The van der Waals surface area contributed by atoms with Crippen molar-refractivity contribution in [2.45, 2.75) is 24.8 Å². The molecule has 0 radical (unpaired) electrons. The van der Waals surface area contributed by atoms with Crippen molar-refractivity contribution in [1.82, 2.24) is 14.7 Å². The smallest absolute Gasteiger partial charge is 0.271 e. The number of sulfonamides is 1. The molecule has 0 spiro atoms. The lowest BCUT2D eigenvalue weighted by Crippen LogP contribution is -2.27. The van der Waals surface area contributed by atoms with Crippen LogP contribution in [0.3, 0.4) is 0 Å². The van der Waals surface area contributed by atoms with E-state index in [0.717, 1.165) is 11.1 Å². The monoisotopic (exact) mass is 358 g/mol. The van der Waals surface area contributed by atoms with E-state index >= 15 is 0 Å². The summed E-state index contributed by atoms with van der Waals surface area (Å²) in [5, 5.41) is 7.93. The molecular weight excluding hydrogens is 340 g/mol. The van der Waals surface area contributed by atoms with Gasteiger partial charge in [0.05, 0.1) is 10.9 Å². The van der Waals surface area contributed by atoms with Crippen LogP contribution in [0, 0.1) is 6.92 Å². The van der Waals surface area contributed by atoms with Crippen LogP contribution in [0.15, 0.2) is 53.7 Å². The second kappa shape index (κ2) is 6.30. The van der Waals surface area contributed by atoms with Crippen molar-refractivity contribution >= 4 is 21.6 Å². The van der Waals surface area contributed by atoms with Crippen LogP contribution < -0.4 is 10.5 Å². The van der Waals surface area contributed by atoms with Crippen molar-refractivity contribution in [3.05, 3.63) is 65.6 Å². The van der Waals surface area contributed by atoms with Crippen LogP contribution >= 0.6 is 0 Å². The average molecular weight is 358 g/mol. The lowest BCUT2D eigenvalue weighted by atomic mass is 10.1. The average Bonchev–Trinajstić information content (AvgIpc) is 2.97. The molecule has 0 fully saturated rings. The van der Waals surface area contributed by atoms with Gasteiger partial charge in [0.25, 0.3) is 5.91 Å². The summed E-state index contributed by atoms with van der Waals surface area (Å²) in [6.07, 6.45) is 3.52. The number of fused-ring (bicyclic) bond motifs is 1. The number of nitrogens with one attached hydrogen (secondary N) is 1. The molecule has 3 rings (SSSR count). The van der Waals surface area contributed by atoms with Crippen molar-refractivity contribution in [3.63, 3.8) is 0 Å². The van der Waals surface area contributed by atoms with Gasteiger partial charge in [-0.05, 0) is 49.2 Å². The highest BCUT2D eigenvalue weighted by molar-refractivity contribution is 7.89. The van der Waals surface area contributed by atoms with Crippen LogP contribution in [-0.2, 0) is 10.0 Å². The van der Waals surface area contributed by atoms with Crippen molar-refractivity contribution in [2.24, 2.45) is 5.14 Å². The summed E-state index contributed by atoms with van der Waals surface area (Å²) in [5.41, 5.74) is 2.85. The van der Waals surface area contributed by atoms with Gasteiger partial charge in [0.1, 0.15) is 11.3 Å². The van der Waals surface area contributed by atoms with E-state index in [4.69, 9.17) is 5.14 Å². The van der Waals surface area contributed by atoms with Crippen molar-refractivity contribution < 1.29 is 13.2 Å². The summed E-state index contributed by atoms with van der Waals surface area (Å²) < 4.78 is 24.4. The Morgan fingerprint density at radius 2 is 1.92 bits per heavy atom. The second-order valence-corrected chi connectivity index (χ2v) is 7.47. The summed E-state index contributed by atoms with van der Waals surface area (Å²) in [6.45, 7) is 3.77. The number of nitrogens with zero attached hydrogens (tertiary/aromatic N) is 2. The number of aryl methyl sites for hydroxylation is 1. The van der Waals surface area contributed by atoms with Gasteiger partial charge in [0, 0.05) is 12.4 Å². The van der Waals surface area contributed by atoms with Gasteiger partial charge >= 0.3 is 0 Å². The Kier molecular flexibility index (Phi) is 4.32. The molecule has 1 unspecified atom stereocenters. The van der Waals surface area contributed by atoms with Crippen LogP contribution in [0.25, 0.3) is 5.65 Å². The van der Waals surface area contributed by atoms with E-state index < -0.39 is 10.0 Å². The normalized spacial score (nSPS) is 12.9. The van der Waals surface area contributed by atoms with Gasteiger partial charge in [-0.25, -0.2) is 18.5 Å². The number of primary sulfonamides is 1. The summed E-state index contributed by atoms with van der Waals surface area (Å²) >= 11 is 0. The third kappa shape index (κ3) is 3.70. The molecule has 0 aliphatic carbocycles. The van der Waals surface area contributed by atoms with Gasteiger partial charge in [0.2, 0.25) is 10.0 Å².